The van der Waals surface area contributed by atoms with Crippen LogP contribution in [-0.2, 0) is 13.2 Å². The molecule has 0 amide bonds. The average molecular weight is 559 g/mol. The first-order valence-electron chi connectivity index (χ1n) is 15.0. The molecular weight excluding hydrogens is 517 g/mol. The van der Waals surface area contributed by atoms with Crippen molar-refractivity contribution in [3.63, 3.8) is 0 Å². The molecule has 2 saturated carbocycles. The van der Waals surface area contributed by atoms with Crippen molar-refractivity contribution in [2.75, 3.05) is 13.1 Å². The van der Waals surface area contributed by atoms with E-state index in [2.05, 4.69) is 22.0 Å². The third-order valence-electron chi connectivity index (χ3n) is 10.1. The number of hydrogen-bond acceptors (Lipinski definition) is 4. The van der Waals surface area contributed by atoms with Gasteiger partial charge in [-0.15, -0.1) is 10.2 Å². The first kappa shape index (κ1) is 27.5. The monoisotopic (exact) mass is 558 g/mol. The Hall–Kier alpha value is -2.62. The summed E-state index contributed by atoms with van der Waals surface area (Å²) in [6, 6.07) is 0.942. The summed E-state index contributed by atoms with van der Waals surface area (Å²) in [4.78, 5) is 16.0. The predicted molar refractivity (Wildman–Crippen MR) is 147 cm³/mol. The number of nitrogens with zero attached hydrogens (tertiary/aromatic N) is 6. The van der Waals surface area contributed by atoms with E-state index < -0.39 is 11.7 Å². The van der Waals surface area contributed by atoms with E-state index in [4.69, 9.17) is 0 Å². The van der Waals surface area contributed by atoms with Gasteiger partial charge in [0.1, 0.15) is 12.2 Å². The number of imidazole rings is 1. The van der Waals surface area contributed by atoms with Crippen LogP contribution in [0.2, 0.25) is 0 Å². The number of alkyl halides is 3. The molecule has 2 aliphatic carbocycles. The summed E-state index contributed by atoms with van der Waals surface area (Å²) in [6.07, 6.45) is 9.58. The molecule has 3 aliphatic rings. The lowest BCUT2D eigenvalue weighted by Gasteiger charge is -2.41. The quantitative estimate of drug-likeness (QED) is 0.354. The topological polar surface area (TPSA) is 60.4 Å². The lowest BCUT2D eigenvalue weighted by Crippen LogP contribution is -2.36. The highest BCUT2D eigenvalue weighted by Gasteiger charge is 2.41. The van der Waals surface area contributed by atoms with Gasteiger partial charge in [0.25, 0.3) is 0 Å². The van der Waals surface area contributed by atoms with Crippen LogP contribution in [0.3, 0.4) is 0 Å². The lowest BCUT2D eigenvalue weighted by atomic mass is 9.66. The van der Waals surface area contributed by atoms with E-state index in [-0.39, 0.29) is 29.2 Å². The van der Waals surface area contributed by atoms with Crippen LogP contribution >= 0.6 is 0 Å². The minimum Gasteiger partial charge on any atom is -0.320 e. The fourth-order valence-electron chi connectivity index (χ4n) is 7.71. The van der Waals surface area contributed by atoms with Gasteiger partial charge in [0.05, 0.1) is 11.1 Å². The Bertz CT molecular complexity index is 1400. The second-order valence-electron chi connectivity index (χ2n) is 12.8. The van der Waals surface area contributed by atoms with Gasteiger partial charge >= 0.3 is 11.9 Å². The molecular formula is C30H41F3N6O. The van der Waals surface area contributed by atoms with Crippen LogP contribution in [-0.4, -0.2) is 41.7 Å². The van der Waals surface area contributed by atoms with Crippen LogP contribution in [0.1, 0.15) is 107 Å². The van der Waals surface area contributed by atoms with Crippen molar-refractivity contribution in [1.82, 2.24) is 28.6 Å². The minimum atomic E-state index is -4.55. The Balaban J connectivity index is 1.35. The van der Waals surface area contributed by atoms with E-state index in [1.165, 1.54) is 35.9 Å². The van der Waals surface area contributed by atoms with Crippen molar-refractivity contribution in [3.8, 4) is 0 Å². The number of hydrogen-bond donors (Lipinski definition) is 0. The molecule has 40 heavy (non-hydrogen) atoms. The van der Waals surface area contributed by atoms with Gasteiger partial charge in [-0.05, 0) is 87.8 Å². The van der Waals surface area contributed by atoms with E-state index in [0.29, 0.717) is 23.3 Å². The Morgan fingerprint density at radius 3 is 2.42 bits per heavy atom. The highest BCUT2D eigenvalue weighted by molar-refractivity contribution is 5.56. The molecule has 4 heterocycles. The lowest BCUT2D eigenvalue weighted by molar-refractivity contribution is -0.136. The smallest absolute Gasteiger partial charge is 0.320 e. The van der Waals surface area contributed by atoms with Gasteiger partial charge in [0.2, 0.25) is 0 Å². The van der Waals surface area contributed by atoms with Crippen molar-refractivity contribution >= 4 is 5.52 Å². The Morgan fingerprint density at radius 1 is 1.02 bits per heavy atom. The zero-order chi connectivity index (χ0) is 28.2. The van der Waals surface area contributed by atoms with Gasteiger partial charge in [0, 0.05) is 44.0 Å². The summed E-state index contributed by atoms with van der Waals surface area (Å²) >= 11 is 0. The zero-order valence-electron chi connectivity index (χ0n) is 23.8. The first-order chi connectivity index (χ1) is 19.1. The molecule has 0 spiro atoms. The first-order valence-corrected chi connectivity index (χ1v) is 15.0. The van der Waals surface area contributed by atoms with Crippen molar-refractivity contribution in [2.45, 2.75) is 95.8 Å². The zero-order valence-corrected chi connectivity index (χ0v) is 23.8. The second kappa shape index (κ2) is 10.7. The number of piperidine rings is 1. The van der Waals surface area contributed by atoms with Gasteiger partial charge in [-0.2, -0.15) is 13.2 Å². The standard InChI is InChI=1S/C30H41F3N6O/c1-19-7-6-12-37(15-19)20(2)23-14-25(30(31,32)33)26-17-38(29(40)39(26)16-23)24-11-5-10-22(13-24)27(21-8-4-9-21)28-35-34-18-36(28)3/h14,16-22,24,27H,4-13,15H2,1-3H3/t19-,20?,22?,24?,27-/m0/s1. The molecule has 0 bridgehead atoms. The van der Waals surface area contributed by atoms with Crippen LogP contribution < -0.4 is 5.69 Å². The van der Waals surface area contributed by atoms with Gasteiger partial charge in [0.15, 0.2) is 0 Å². The van der Waals surface area contributed by atoms with Crippen LogP contribution in [0, 0.1) is 17.8 Å². The summed E-state index contributed by atoms with van der Waals surface area (Å²) < 4.78 is 48.0. The third-order valence-corrected chi connectivity index (χ3v) is 10.1. The number of likely N-dealkylation sites (tertiary alicyclic amines) is 1. The van der Waals surface area contributed by atoms with Crippen LogP contribution in [0.5, 0.6) is 0 Å². The molecule has 3 unspecified atom stereocenters. The summed E-state index contributed by atoms with van der Waals surface area (Å²) in [5.74, 6) is 2.64. The highest BCUT2D eigenvalue weighted by Crippen LogP contribution is 2.49. The van der Waals surface area contributed by atoms with E-state index in [1.54, 1.807) is 17.1 Å². The van der Waals surface area contributed by atoms with E-state index >= 15 is 0 Å². The maximum Gasteiger partial charge on any atom is 0.418 e. The molecule has 0 aromatic carbocycles. The van der Waals surface area contributed by atoms with Gasteiger partial charge in [-0.1, -0.05) is 19.8 Å². The number of halogens is 3. The Labute approximate surface area is 233 Å². The van der Waals surface area contributed by atoms with Gasteiger partial charge in [-0.25, -0.2) is 4.79 Å². The fourth-order valence-corrected chi connectivity index (χ4v) is 7.71. The maximum absolute atomic E-state index is 14.4. The molecule has 3 aromatic rings. The number of rotatable bonds is 6. The number of aryl methyl sites for hydroxylation is 1. The number of fused-ring (bicyclic) bond motifs is 1. The summed E-state index contributed by atoms with van der Waals surface area (Å²) in [5, 5.41) is 8.60. The largest absolute Gasteiger partial charge is 0.418 e. The number of pyridine rings is 1. The SMILES string of the molecule is CC(c1cc(C(F)(F)F)c2cn(C3CCCC([C@@H](c4nncn4C)C4CCC4)C3)c(=O)n2c1)N1CCC[C@H](C)C1. The number of aromatic nitrogens is 5. The molecule has 5 atom stereocenters. The highest BCUT2D eigenvalue weighted by atomic mass is 19.4. The second-order valence-corrected chi connectivity index (χ2v) is 12.8. The van der Waals surface area contributed by atoms with Crippen LogP contribution in [0.25, 0.3) is 5.52 Å². The molecule has 0 radical (unpaired) electrons. The molecule has 1 aliphatic heterocycles. The van der Waals surface area contributed by atoms with Crippen molar-refractivity contribution in [1.29, 1.82) is 0 Å². The molecule has 3 fully saturated rings. The van der Waals surface area contributed by atoms with Crippen molar-refractivity contribution < 1.29 is 13.2 Å². The van der Waals surface area contributed by atoms with Crippen LogP contribution in [0.15, 0.2) is 29.6 Å². The molecule has 1 saturated heterocycles. The van der Waals surface area contributed by atoms with E-state index in [1.807, 2.05) is 18.5 Å². The molecule has 10 heteroatoms. The predicted octanol–water partition coefficient (Wildman–Crippen LogP) is 6.36. The minimum absolute atomic E-state index is 0.0496. The van der Waals surface area contributed by atoms with E-state index in [9.17, 15) is 18.0 Å². The van der Waals surface area contributed by atoms with Crippen LogP contribution in [0.4, 0.5) is 13.2 Å². The Kier molecular flexibility index (Phi) is 7.34. The molecule has 0 N–H and O–H groups in total. The molecule has 7 nitrogen and oxygen atoms in total. The Morgan fingerprint density at radius 2 is 1.77 bits per heavy atom. The van der Waals surface area contributed by atoms with Gasteiger partial charge in [-0.3, -0.25) is 13.9 Å². The third kappa shape index (κ3) is 5.01. The summed E-state index contributed by atoms with van der Waals surface area (Å²) in [7, 11) is 1.98. The fraction of sp³-hybridized carbons (Fsp3) is 0.700. The molecule has 6 rings (SSSR count). The molecule has 3 aromatic heterocycles. The maximum atomic E-state index is 14.4. The molecule has 218 valence electrons. The average Bonchev–Trinajstić information content (AvgIpc) is 3.47. The van der Waals surface area contributed by atoms with E-state index in [0.717, 1.165) is 57.4 Å². The van der Waals surface area contributed by atoms with Crippen molar-refractivity contribution in [2.24, 2.45) is 24.8 Å². The summed E-state index contributed by atoms with van der Waals surface area (Å²) in [6.45, 7) is 5.86. The summed E-state index contributed by atoms with van der Waals surface area (Å²) in [5.41, 5.74) is -0.600. The van der Waals surface area contributed by atoms with Crippen molar-refractivity contribution in [3.05, 3.63) is 52.2 Å². The van der Waals surface area contributed by atoms with Gasteiger partial charge < -0.3 is 4.57 Å². The normalized spacial score (nSPS) is 26.6.